The molecule has 28 valence electrons. The summed E-state index contributed by atoms with van der Waals surface area (Å²) in [6, 6.07) is 0. The molecule has 5 heteroatoms. The first kappa shape index (κ1) is 67.3. The Labute approximate surface area is 74.6 Å². The van der Waals surface area contributed by atoms with E-state index in [1.807, 2.05) is 0 Å². The normalized spacial score (nSPS) is 0. The molecule has 5 heavy (non-hydrogen) atoms. The van der Waals surface area contributed by atoms with Crippen LogP contribution < -0.4 is 0 Å². The molecule has 0 atom stereocenters. The van der Waals surface area contributed by atoms with Crippen molar-refractivity contribution in [1.29, 1.82) is 0 Å². The van der Waals surface area contributed by atoms with Crippen LogP contribution in [0.3, 0.4) is 0 Å². The third-order valence-corrected chi connectivity index (χ3v) is 0. The summed E-state index contributed by atoms with van der Waals surface area (Å²) in [6.07, 6.45) is 0. The molecule has 0 aliphatic carbocycles. The fourth-order valence-corrected chi connectivity index (χ4v) is 0. The molecule has 0 aromatic rings. The molecule has 0 aromatic heterocycles. The van der Waals surface area contributed by atoms with Gasteiger partial charge in [0.1, 0.15) is 0 Å². The minimum atomic E-state index is 0. The average Bonchev–Trinajstić information content (AvgIpc) is 0. The van der Waals surface area contributed by atoms with Crippen LogP contribution >= 0.6 is 0 Å². The SMILES string of the molecule is O.O.O.[NaH].[NaH]. The van der Waals surface area contributed by atoms with Crippen LogP contribution in [0.5, 0.6) is 0 Å². The molecule has 0 saturated carbocycles. The molecule has 0 aliphatic heterocycles. The van der Waals surface area contributed by atoms with E-state index in [4.69, 9.17) is 0 Å². The van der Waals surface area contributed by atoms with Crippen molar-refractivity contribution in [3.8, 4) is 0 Å². The van der Waals surface area contributed by atoms with E-state index in [-0.39, 0.29) is 75.5 Å². The second-order valence-corrected chi connectivity index (χ2v) is 0. The van der Waals surface area contributed by atoms with Crippen molar-refractivity contribution < 1.29 is 16.4 Å². The molecule has 6 N–H and O–H groups in total. The molecule has 0 spiro atoms. The van der Waals surface area contributed by atoms with Gasteiger partial charge in [-0.25, -0.2) is 0 Å². The van der Waals surface area contributed by atoms with Gasteiger partial charge in [-0.2, -0.15) is 0 Å². The van der Waals surface area contributed by atoms with E-state index in [0.29, 0.717) is 0 Å². The summed E-state index contributed by atoms with van der Waals surface area (Å²) in [4.78, 5) is 0. The Bertz CT molecular complexity index is 4.85. The molecule has 0 aromatic carbocycles. The van der Waals surface area contributed by atoms with Gasteiger partial charge >= 0.3 is 59.1 Å². The zero-order chi connectivity index (χ0) is 0. The maximum atomic E-state index is 0. The monoisotopic (exact) mass is 102 g/mol. The van der Waals surface area contributed by atoms with Crippen LogP contribution in [0.25, 0.3) is 0 Å². The Morgan fingerprint density at radius 2 is 0.400 bits per heavy atom. The molecule has 0 saturated heterocycles. The topological polar surface area (TPSA) is 94.5 Å². The Balaban J connectivity index is 0. The van der Waals surface area contributed by atoms with E-state index >= 15 is 0 Å². The Morgan fingerprint density at radius 1 is 0.400 bits per heavy atom. The van der Waals surface area contributed by atoms with E-state index in [1.54, 1.807) is 0 Å². The van der Waals surface area contributed by atoms with E-state index in [0.717, 1.165) is 0 Å². The van der Waals surface area contributed by atoms with Crippen molar-refractivity contribution in [2.75, 3.05) is 0 Å². The van der Waals surface area contributed by atoms with Crippen LogP contribution in [0.15, 0.2) is 0 Å². The van der Waals surface area contributed by atoms with Gasteiger partial charge in [0.15, 0.2) is 0 Å². The summed E-state index contributed by atoms with van der Waals surface area (Å²) in [7, 11) is 0. The van der Waals surface area contributed by atoms with E-state index in [2.05, 4.69) is 0 Å². The summed E-state index contributed by atoms with van der Waals surface area (Å²) in [5.74, 6) is 0. The summed E-state index contributed by atoms with van der Waals surface area (Å²) in [6.45, 7) is 0. The third kappa shape index (κ3) is 25.0. The van der Waals surface area contributed by atoms with Gasteiger partial charge in [0, 0.05) is 0 Å². The molecule has 0 unspecified atom stereocenters. The first-order valence-electron chi connectivity index (χ1n) is 0. The van der Waals surface area contributed by atoms with Gasteiger partial charge < -0.3 is 16.4 Å². The van der Waals surface area contributed by atoms with Gasteiger partial charge in [-0.1, -0.05) is 0 Å². The molecule has 0 fully saturated rings. The van der Waals surface area contributed by atoms with Gasteiger partial charge in [-0.15, -0.1) is 0 Å². The molecule has 0 amide bonds. The molecule has 3 nitrogen and oxygen atoms in total. The molecule has 0 radical (unpaired) electrons. The summed E-state index contributed by atoms with van der Waals surface area (Å²) >= 11 is 0. The fourth-order valence-electron chi connectivity index (χ4n) is 0. The van der Waals surface area contributed by atoms with E-state index in [9.17, 15) is 0 Å². The van der Waals surface area contributed by atoms with Crippen LogP contribution in [0.1, 0.15) is 0 Å². The van der Waals surface area contributed by atoms with Gasteiger partial charge in [-0.05, 0) is 0 Å². The van der Waals surface area contributed by atoms with Gasteiger partial charge in [0.05, 0.1) is 0 Å². The van der Waals surface area contributed by atoms with E-state index < -0.39 is 0 Å². The third-order valence-electron chi connectivity index (χ3n) is 0. The quantitative estimate of drug-likeness (QED) is 0.281. The van der Waals surface area contributed by atoms with Crippen molar-refractivity contribution in [2.24, 2.45) is 0 Å². The Kier molecular flexibility index (Phi) is 533. The van der Waals surface area contributed by atoms with Crippen molar-refractivity contribution in [1.82, 2.24) is 0 Å². The fraction of sp³-hybridized carbons (Fsp3) is 0. The Hall–Kier alpha value is 1.88. The molecular formula is H8Na2O3. The summed E-state index contributed by atoms with van der Waals surface area (Å²) in [5, 5.41) is 0. The average molecular weight is 102 g/mol. The number of rotatable bonds is 0. The second-order valence-electron chi connectivity index (χ2n) is 0. The van der Waals surface area contributed by atoms with Crippen molar-refractivity contribution in [2.45, 2.75) is 0 Å². The van der Waals surface area contributed by atoms with Crippen LogP contribution in [0.4, 0.5) is 0 Å². The van der Waals surface area contributed by atoms with Gasteiger partial charge in [-0.3, -0.25) is 0 Å². The van der Waals surface area contributed by atoms with Crippen molar-refractivity contribution in [3.05, 3.63) is 0 Å². The zero-order valence-electron chi connectivity index (χ0n) is 1.50. The van der Waals surface area contributed by atoms with E-state index in [1.165, 1.54) is 0 Å². The van der Waals surface area contributed by atoms with Gasteiger partial charge in [0.25, 0.3) is 0 Å². The summed E-state index contributed by atoms with van der Waals surface area (Å²) in [5.41, 5.74) is 0. The number of hydrogen-bond acceptors (Lipinski definition) is 0. The second kappa shape index (κ2) is 39.6. The standard InChI is InChI=1S/2Na.3H2O.2H/h;;3*1H2;;. The molecule has 0 heterocycles. The van der Waals surface area contributed by atoms with Crippen LogP contribution in [-0.2, 0) is 0 Å². The molecule has 0 aliphatic rings. The van der Waals surface area contributed by atoms with Crippen LogP contribution in [0, 0.1) is 0 Å². The minimum absolute atomic E-state index is 0. The zero-order valence-corrected chi connectivity index (χ0v) is 1.50. The molecule has 0 rings (SSSR count). The van der Waals surface area contributed by atoms with Gasteiger partial charge in [0.2, 0.25) is 0 Å². The summed E-state index contributed by atoms with van der Waals surface area (Å²) < 4.78 is 0. The molecule has 0 bridgehead atoms. The predicted octanol–water partition coefficient (Wildman–Crippen LogP) is -3.77. The first-order valence-corrected chi connectivity index (χ1v) is 0. The van der Waals surface area contributed by atoms with Crippen LogP contribution in [0.2, 0.25) is 0 Å². The first-order chi connectivity index (χ1) is 0. The maximum absolute atomic E-state index is 0. The number of hydrogen-bond donors (Lipinski definition) is 0. The molecular weight excluding hydrogens is 94.0 g/mol. The Morgan fingerprint density at radius 3 is 0.400 bits per heavy atom. The van der Waals surface area contributed by atoms with Crippen LogP contribution in [-0.4, -0.2) is 75.5 Å². The van der Waals surface area contributed by atoms with Crippen molar-refractivity contribution >= 4 is 59.1 Å². The predicted molar refractivity (Wildman–Crippen MR) is 25.1 cm³/mol. The van der Waals surface area contributed by atoms with Crippen molar-refractivity contribution in [3.63, 3.8) is 0 Å².